The van der Waals surface area contributed by atoms with E-state index in [0.29, 0.717) is 12.0 Å². The number of nitrogens with one attached hydrogen (secondary N) is 1. The molecule has 3 fully saturated rings. The summed E-state index contributed by atoms with van der Waals surface area (Å²) < 4.78 is 11.5. The third-order valence-electron chi connectivity index (χ3n) is 6.17. The molecule has 3 aliphatic rings. The first-order valence-electron chi connectivity index (χ1n) is 10.0. The second kappa shape index (κ2) is 7.97. The highest BCUT2D eigenvalue weighted by Gasteiger charge is 2.42. The quantitative estimate of drug-likeness (QED) is 0.879. The Kier molecular flexibility index (Phi) is 5.46. The number of benzene rings is 1. The lowest BCUT2D eigenvalue weighted by Gasteiger charge is -2.34. The van der Waals surface area contributed by atoms with Crippen molar-refractivity contribution in [1.29, 1.82) is 0 Å². The van der Waals surface area contributed by atoms with Crippen molar-refractivity contribution in [3.05, 3.63) is 29.8 Å². The maximum atomic E-state index is 12.5. The SMILES string of the molecule is COc1cccc(CN2CC[C@H]3C[C@@H](C(=O)NC4CCCC4)O[C@@H]3C2)c1. The molecule has 26 heavy (non-hydrogen) atoms. The number of carbonyl (C=O) groups is 1. The van der Waals surface area contributed by atoms with Gasteiger partial charge in [-0.3, -0.25) is 9.69 Å². The summed E-state index contributed by atoms with van der Waals surface area (Å²) in [6.07, 6.45) is 6.66. The van der Waals surface area contributed by atoms with Crippen LogP contribution in [0.15, 0.2) is 24.3 Å². The van der Waals surface area contributed by atoms with Crippen molar-refractivity contribution in [2.45, 2.75) is 63.3 Å². The molecule has 0 radical (unpaired) electrons. The number of hydrogen-bond donors (Lipinski definition) is 1. The van der Waals surface area contributed by atoms with E-state index in [-0.39, 0.29) is 18.1 Å². The average Bonchev–Trinajstić information content (AvgIpc) is 3.31. The molecule has 142 valence electrons. The van der Waals surface area contributed by atoms with Gasteiger partial charge in [-0.05, 0) is 55.8 Å². The zero-order valence-corrected chi connectivity index (χ0v) is 15.7. The first-order chi connectivity index (χ1) is 12.7. The first-order valence-corrected chi connectivity index (χ1v) is 10.0. The van der Waals surface area contributed by atoms with Gasteiger partial charge in [0.05, 0.1) is 13.2 Å². The highest BCUT2D eigenvalue weighted by atomic mass is 16.5. The highest BCUT2D eigenvalue weighted by Crippen LogP contribution is 2.34. The summed E-state index contributed by atoms with van der Waals surface area (Å²) in [4.78, 5) is 15.0. The lowest BCUT2D eigenvalue weighted by Crippen LogP contribution is -2.42. The lowest BCUT2D eigenvalue weighted by molar-refractivity contribution is -0.133. The van der Waals surface area contributed by atoms with Crippen LogP contribution in [-0.4, -0.2) is 49.3 Å². The average molecular weight is 358 g/mol. The van der Waals surface area contributed by atoms with Crippen molar-refractivity contribution >= 4 is 5.91 Å². The largest absolute Gasteiger partial charge is 0.497 e. The smallest absolute Gasteiger partial charge is 0.249 e. The monoisotopic (exact) mass is 358 g/mol. The van der Waals surface area contributed by atoms with Crippen molar-refractivity contribution in [3.63, 3.8) is 0 Å². The van der Waals surface area contributed by atoms with Gasteiger partial charge < -0.3 is 14.8 Å². The highest BCUT2D eigenvalue weighted by molar-refractivity contribution is 5.81. The van der Waals surface area contributed by atoms with Crippen LogP contribution in [0.25, 0.3) is 0 Å². The van der Waals surface area contributed by atoms with Crippen LogP contribution in [0.5, 0.6) is 5.75 Å². The number of carbonyl (C=O) groups excluding carboxylic acids is 1. The van der Waals surface area contributed by atoms with E-state index in [0.717, 1.165) is 51.1 Å². The van der Waals surface area contributed by atoms with Crippen molar-refractivity contribution < 1.29 is 14.3 Å². The van der Waals surface area contributed by atoms with E-state index in [4.69, 9.17) is 9.47 Å². The van der Waals surface area contributed by atoms with Crippen molar-refractivity contribution in [1.82, 2.24) is 10.2 Å². The molecule has 1 saturated carbocycles. The van der Waals surface area contributed by atoms with E-state index >= 15 is 0 Å². The van der Waals surface area contributed by atoms with Gasteiger partial charge >= 0.3 is 0 Å². The van der Waals surface area contributed by atoms with Gasteiger partial charge in [0.1, 0.15) is 11.9 Å². The summed E-state index contributed by atoms with van der Waals surface area (Å²) in [5, 5.41) is 3.20. The fourth-order valence-corrected chi connectivity index (χ4v) is 4.70. The number of nitrogens with zero attached hydrogens (tertiary/aromatic N) is 1. The molecule has 0 spiro atoms. The van der Waals surface area contributed by atoms with E-state index in [1.807, 2.05) is 12.1 Å². The zero-order chi connectivity index (χ0) is 17.9. The summed E-state index contributed by atoms with van der Waals surface area (Å²) in [6.45, 7) is 2.89. The van der Waals surface area contributed by atoms with Crippen LogP contribution >= 0.6 is 0 Å². The Hall–Kier alpha value is -1.59. The van der Waals surface area contributed by atoms with Crippen LogP contribution in [0.4, 0.5) is 0 Å². The Morgan fingerprint density at radius 1 is 1.31 bits per heavy atom. The molecule has 5 nitrogen and oxygen atoms in total. The number of methoxy groups -OCH3 is 1. The third-order valence-corrected chi connectivity index (χ3v) is 6.17. The summed E-state index contributed by atoms with van der Waals surface area (Å²) in [7, 11) is 1.70. The number of amides is 1. The Morgan fingerprint density at radius 2 is 2.15 bits per heavy atom. The zero-order valence-electron chi connectivity index (χ0n) is 15.7. The molecule has 2 saturated heterocycles. The molecule has 4 rings (SSSR count). The number of hydrogen-bond acceptors (Lipinski definition) is 4. The molecule has 2 heterocycles. The van der Waals surface area contributed by atoms with Gasteiger partial charge in [0.2, 0.25) is 5.91 Å². The van der Waals surface area contributed by atoms with Crippen LogP contribution in [0.2, 0.25) is 0 Å². The number of likely N-dealkylation sites (tertiary alicyclic amines) is 1. The first kappa shape index (κ1) is 17.8. The summed E-state index contributed by atoms with van der Waals surface area (Å²) in [6, 6.07) is 8.62. The molecule has 1 aromatic rings. The second-order valence-electron chi connectivity index (χ2n) is 8.02. The summed E-state index contributed by atoms with van der Waals surface area (Å²) in [5.41, 5.74) is 1.26. The molecule has 1 aliphatic carbocycles. The molecule has 5 heteroatoms. The van der Waals surface area contributed by atoms with Gasteiger partial charge in [0, 0.05) is 19.1 Å². The van der Waals surface area contributed by atoms with Gasteiger partial charge in [-0.1, -0.05) is 25.0 Å². The molecule has 0 aromatic heterocycles. The van der Waals surface area contributed by atoms with E-state index in [1.54, 1.807) is 7.11 Å². The molecular weight excluding hydrogens is 328 g/mol. The van der Waals surface area contributed by atoms with Crippen LogP contribution < -0.4 is 10.1 Å². The molecule has 3 atom stereocenters. The number of rotatable bonds is 5. The molecule has 1 N–H and O–H groups in total. The maximum absolute atomic E-state index is 12.5. The molecule has 2 aliphatic heterocycles. The molecule has 1 aromatic carbocycles. The van der Waals surface area contributed by atoms with Gasteiger partial charge in [-0.2, -0.15) is 0 Å². The standard InChI is InChI=1S/C21H30N2O3/c1-25-18-8-4-5-15(11-18)13-23-10-9-16-12-19(26-20(16)14-23)21(24)22-17-6-2-3-7-17/h4-5,8,11,16-17,19-20H,2-3,6-7,9-10,12-14H2,1H3,(H,22,24)/t16-,19-,20+/m0/s1. The predicted octanol–water partition coefficient (Wildman–Crippen LogP) is 2.73. The van der Waals surface area contributed by atoms with Crippen LogP contribution in [0.1, 0.15) is 44.1 Å². The summed E-state index contributed by atoms with van der Waals surface area (Å²) >= 11 is 0. The minimum absolute atomic E-state index is 0.116. The minimum atomic E-state index is -0.248. The lowest BCUT2D eigenvalue weighted by atomic mass is 9.91. The van der Waals surface area contributed by atoms with Gasteiger partial charge in [0.15, 0.2) is 0 Å². The van der Waals surface area contributed by atoms with Crippen LogP contribution in [0, 0.1) is 5.92 Å². The number of ether oxygens (including phenoxy) is 2. The molecule has 1 amide bonds. The van der Waals surface area contributed by atoms with Crippen molar-refractivity contribution in [2.24, 2.45) is 5.92 Å². The topological polar surface area (TPSA) is 50.8 Å². The summed E-state index contributed by atoms with van der Waals surface area (Å²) in [5.74, 6) is 1.54. The van der Waals surface area contributed by atoms with Gasteiger partial charge in [-0.15, -0.1) is 0 Å². The second-order valence-corrected chi connectivity index (χ2v) is 8.02. The van der Waals surface area contributed by atoms with E-state index < -0.39 is 0 Å². The predicted molar refractivity (Wildman–Crippen MR) is 100 cm³/mol. The van der Waals surface area contributed by atoms with Gasteiger partial charge in [0.25, 0.3) is 0 Å². The van der Waals surface area contributed by atoms with E-state index in [2.05, 4.69) is 22.3 Å². The van der Waals surface area contributed by atoms with Crippen molar-refractivity contribution in [3.8, 4) is 5.75 Å². The Bertz CT molecular complexity index is 629. The van der Waals surface area contributed by atoms with Gasteiger partial charge in [-0.25, -0.2) is 0 Å². The van der Waals surface area contributed by atoms with E-state index in [9.17, 15) is 4.79 Å². The van der Waals surface area contributed by atoms with Crippen molar-refractivity contribution in [2.75, 3.05) is 20.2 Å². The number of fused-ring (bicyclic) bond motifs is 1. The molecule has 0 unspecified atom stereocenters. The maximum Gasteiger partial charge on any atom is 0.249 e. The van der Waals surface area contributed by atoms with E-state index in [1.165, 1.54) is 18.4 Å². The Labute approximate surface area is 156 Å². The van der Waals surface area contributed by atoms with Crippen LogP contribution in [0.3, 0.4) is 0 Å². The van der Waals surface area contributed by atoms with Crippen LogP contribution in [-0.2, 0) is 16.1 Å². The number of piperidine rings is 1. The fourth-order valence-electron chi connectivity index (χ4n) is 4.70. The molecule has 0 bridgehead atoms. The molecular formula is C21H30N2O3. The minimum Gasteiger partial charge on any atom is -0.497 e. The Balaban J connectivity index is 1.30. The fraction of sp³-hybridized carbons (Fsp3) is 0.667. The normalized spacial score (nSPS) is 29.5. The Morgan fingerprint density at radius 3 is 2.96 bits per heavy atom. The third kappa shape index (κ3) is 4.04.